The number of halogens is 1. The van der Waals surface area contributed by atoms with Crippen LogP contribution in [0.5, 0.6) is 0 Å². The van der Waals surface area contributed by atoms with Gasteiger partial charge in [-0.2, -0.15) is 0 Å². The molecule has 4 rings (SSSR count). The fourth-order valence-electron chi connectivity index (χ4n) is 3.33. The van der Waals surface area contributed by atoms with Crippen LogP contribution in [0.3, 0.4) is 0 Å². The van der Waals surface area contributed by atoms with E-state index in [1.54, 1.807) is 0 Å². The van der Waals surface area contributed by atoms with Crippen molar-refractivity contribution in [2.45, 2.75) is 31.7 Å². The van der Waals surface area contributed by atoms with Crippen molar-refractivity contribution in [2.24, 2.45) is 5.92 Å². The van der Waals surface area contributed by atoms with E-state index in [0.717, 1.165) is 42.3 Å². The minimum atomic E-state index is 0. The van der Waals surface area contributed by atoms with Crippen LogP contribution in [0.4, 0.5) is 11.6 Å². The lowest BCUT2D eigenvalue weighted by Crippen LogP contribution is -2.37. The zero-order valence-electron chi connectivity index (χ0n) is 14.2. The lowest BCUT2D eigenvalue weighted by molar-refractivity contribution is 0.380. The summed E-state index contributed by atoms with van der Waals surface area (Å²) in [6.45, 7) is 3.29. The molecule has 0 radical (unpaired) electrons. The second-order valence-corrected chi connectivity index (χ2v) is 6.90. The van der Waals surface area contributed by atoms with Gasteiger partial charge in [0, 0.05) is 19.6 Å². The molecule has 1 aliphatic heterocycles. The molecule has 1 saturated heterocycles. The molecule has 1 unspecified atom stereocenters. The summed E-state index contributed by atoms with van der Waals surface area (Å²) < 4.78 is 0. The van der Waals surface area contributed by atoms with Gasteiger partial charge in [-0.3, -0.25) is 0 Å². The van der Waals surface area contributed by atoms with Gasteiger partial charge in [0.15, 0.2) is 11.6 Å². The standard InChI is InChI=1S/C18H25N5.ClH/c1-23(12-13-5-4-10-19-11-13)18-17(20-14-8-9-14)21-15-6-2-3-7-16(15)22-18;/h2-3,6-7,13-14,19H,4-5,8-12H2,1H3,(H,20,21);1H. The van der Waals surface area contributed by atoms with E-state index in [-0.39, 0.29) is 12.4 Å². The molecule has 0 bridgehead atoms. The molecule has 2 N–H and O–H groups in total. The average Bonchev–Trinajstić information content (AvgIpc) is 3.39. The van der Waals surface area contributed by atoms with Crippen LogP contribution in [0.2, 0.25) is 0 Å². The second-order valence-electron chi connectivity index (χ2n) is 6.90. The largest absolute Gasteiger partial charge is 0.364 e. The second kappa shape index (κ2) is 7.53. The van der Waals surface area contributed by atoms with Crippen molar-refractivity contribution in [1.29, 1.82) is 0 Å². The molecular formula is C18H26ClN5. The molecule has 2 aromatic rings. The topological polar surface area (TPSA) is 53.1 Å². The van der Waals surface area contributed by atoms with Crippen molar-refractivity contribution in [3.8, 4) is 0 Å². The Labute approximate surface area is 149 Å². The van der Waals surface area contributed by atoms with E-state index in [0.29, 0.717) is 12.0 Å². The van der Waals surface area contributed by atoms with Crippen molar-refractivity contribution >= 4 is 35.1 Å². The number of aromatic nitrogens is 2. The number of rotatable bonds is 5. The van der Waals surface area contributed by atoms with Gasteiger partial charge >= 0.3 is 0 Å². The molecule has 2 aliphatic rings. The van der Waals surface area contributed by atoms with Gasteiger partial charge in [0.2, 0.25) is 0 Å². The van der Waals surface area contributed by atoms with E-state index in [2.05, 4.69) is 22.6 Å². The first-order chi connectivity index (χ1) is 11.3. The van der Waals surface area contributed by atoms with E-state index in [1.165, 1.54) is 25.7 Å². The van der Waals surface area contributed by atoms with Gasteiger partial charge < -0.3 is 15.5 Å². The number of nitrogens with zero attached hydrogens (tertiary/aromatic N) is 3. The smallest absolute Gasteiger partial charge is 0.172 e. The van der Waals surface area contributed by atoms with E-state index in [1.807, 2.05) is 24.3 Å². The maximum Gasteiger partial charge on any atom is 0.172 e. The van der Waals surface area contributed by atoms with Gasteiger partial charge in [0.1, 0.15) is 0 Å². The molecule has 1 aliphatic carbocycles. The fourth-order valence-corrected chi connectivity index (χ4v) is 3.33. The zero-order valence-corrected chi connectivity index (χ0v) is 15.0. The summed E-state index contributed by atoms with van der Waals surface area (Å²) in [7, 11) is 2.14. The minimum absolute atomic E-state index is 0. The maximum atomic E-state index is 4.90. The van der Waals surface area contributed by atoms with Crippen LogP contribution in [-0.4, -0.2) is 42.7 Å². The van der Waals surface area contributed by atoms with Crippen LogP contribution in [0.1, 0.15) is 25.7 Å². The predicted molar refractivity (Wildman–Crippen MR) is 102 cm³/mol. The van der Waals surface area contributed by atoms with Crippen LogP contribution in [0.25, 0.3) is 11.0 Å². The Kier molecular flexibility index (Phi) is 5.41. The summed E-state index contributed by atoms with van der Waals surface area (Å²) in [5, 5.41) is 7.06. The first kappa shape index (κ1) is 17.2. The number of benzene rings is 1. The first-order valence-electron chi connectivity index (χ1n) is 8.75. The number of anilines is 2. The zero-order chi connectivity index (χ0) is 15.6. The summed E-state index contributed by atoms with van der Waals surface area (Å²) in [6.07, 6.45) is 5.05. The number of piperidine rings is 1. The molecule has 0 spiro atoms. The highest BCUT2D eigenvalue weighted by atomic mass is 35.5. The highest BCUT2D eigenvalue weighted by Crippen LogP contribution is 2.30. The number of para-hydroxylation sites is 2. The number of hydrogen-bond acceptors (Lipinski definition) is 5. The molecule has 2 fully saturated rings. The Bertz CT molecular complexity index is 682. The van der Waals surface area contributed by atoms with Gasteiger partial charge in [0.25, 0.3) is 0 Å². The molecule has 2 heterocycles. The Morgan fingerprint density at radius 2 is 1.92 bits per heavy atom. The Balaban J connectivity index is 0.00000169. The minimum Gasteiger partial charge on any atom is -0.364 e. The predicted octanol–water partition coefficient (Wildman–Crippen LogP) is 3.06. The normalized spacial score (nSPS) is 20.5. The van der Waals surface area contributed by atoms with Crippen molar-refractivity contribution in [2.75, 3.05) is 36.9 Å². The number of fused-ring (bicyclic) bond motifs is 1. The fraction of sp³-hybridized carbons (Fsp3) is 0.556. The highest BCUT2D eigenvalue weighted by molar-refractivity contribution is 5.85. The number of nitrogens with one attached hydrogen (secondary N) is 2. The molecule has 6 heteroatoms. The van der Waals surface area contributed by atoms with Gasteiger partial charge in [-0.05, 0) is 56.8 Å². The molecule has 1 aromatic carbocycles. The van der Waals surface area contributed by atoms with Crippen LogP contribution in [-0.2, 0) is 0 Å². The Morgan fingerprint density at radius 1 is 1.17 bits per heavy atom. The summed E-state index contributed by atoms with van der Waals surface area (Å²) in [5.41, 5.74) is 1.93. The molecule has 1 aromatic heterocycles. The monoisotopic (exact) mass is 347 g/mol. The molecule has 1 saturated carbocycles. The molecule has 24 heavy (non-hydrogen) atoms. The van der Waals surface area contributed by atoms with Gasteiger partial charge in [-0.1, -0.05) is 12.1 Å². The van der Waals surface area contributed by atoms with Crippen molar-refractivity contribution in [1.82, 2.24) is 15.3 Å². The Hall–Kier alpha value is -1.59. The van der Waals surface area contributed by atoms with Crippen LogP contribution in [0, 0.1) is 5.92 Å². The Morgan fingerprint density at radius 3 is 2.58 bits per heavy atom. The van der Waals surface area contributed by atoms with E-state index in [4.69, 9.17) is 9.97 Å². The van der Waals surface area contributed by atoms with Gasteiger partial charge in [0.05, 0.1) is 11.0 Å². The molecule has 0 amide bonds. The van der Waals surface area contributed by atoms with Gasteiger partial charge in [-0.15, -0.1) is 12.4 Å². The van der Waals surface area contributed by atoms with Crippen LogP contribution in [0.15, 0.2) is 24.3 Å². The molecule has 1 atom stereocenters. The lowest BCUT2D eigenvalue weighted by Gasteiger charge is -2.29. The summed E-state index contributed by atoms with van der Waals surface area (Å²) >= 11 is 0. The van der Waals surface area contributed by atoms with Crippen LogP contribution >= 0.6 is 12.4 Å². The third kappa shape index (κ3) is 3.90. The summed E-state index contributed by atoms with van der Waals surface area (Å²) in [6, 6.07) is 8.71. The van der Waals surface area contributed by atoms with Crippen molar-refractivity contribution < 1.29 is 0 Å². The average molecular weight is 348 g/mol. The molecule has 5 nitrogen and oxygen atoms in total. The van der Waals surface area contributed by atoms with Gasteiger partial charge in [-0.25, -0.2) is 9.97 Å². The molecule has 130 valence electrons. The number of hydrogen-bond donors (Lipinski definition) is 2. The highest BCUT2D eigenvalue weighted by Gasteiger charge is 2.25. The van der Waals surface area contributed by atoms with Crippen molar-refractivity contribution in [3.05, 3.63) is 24.3 Å². The molecular weight excluding hydrogens is 322 g/mol. The quantitative estimate of drug-likeness (QED) is 0.870. The SMILES string of the molecule is CN(CC1CCCNC1)c1nc2ccccc2nc1NC1CC1.Cl. The van der Waals surface area contributed by atoms with E-state index >= 15 is 0 Å². The maximum absolute atomic E-state index is 4.90. The van der Waals surface area contributed by atoms with Crippen LogP contribution < -0.4 is 15.5 Å². The van der Waals surface area contributed by atoms with Crippen molar-refractivity contribution in [3.63, 3.8) is 0 Å². The lowest BCUT2D eigenvalue weighted by atomic mass is 9.99. The first-order valence-corrected chi connectivity index (χ1v) is 8.75. The van der Waals surface area contributed by atoms with E-state index in [9.17, 15) is 0 Å². The third-order valence-corrected chi connectivity index (χ3v) is 4.76. The summed E-state index contributed by atoms with van der Waals surface area (Å²) in [5.74, 6) is 2.62. The van der Waals surface area contributed by atoms with E-state index < -0.39 is 0 Å². The third-order valence-electron chi connectivity index (χ3n) is 4.76. The summed E-state index contributed by atoms with van der Waals surface area (Å²) in [4.78, 5) is 12.0.